The molecule has 1 aliphatic carbocycles. The first kappa shape index (κ1) is 9.24. The summed E-state index contributed by atoms with van der Waals surface area (Å²) in [7, 11) is 0. The maximum absolute atomic E-state index is 11.7. The first-order chi connectivity index (χ1) is 6.61. The van der Waals surface area contributed by atoms with Crippen molar-refractivity contribution in [1.82, 2.24) is 4.57 Å². The van der Waals surface area contributed by atoms with Gasteiger partial charge in [-0.05, 0) is 20.3 Å². The normalized spacial score (nSPS) is 16.1. The fraction of sp³-hybridized carbons (Fsp3) is 0.600. The van der Waals surface area contributed by atoms with Crippen molar-refractivity contribution in [2.45, 2.75) is 39.2 Å². The molecule has 0 aliphatic heterocycles. The number of aromatic nitrogens is 2. The number of Topliss-reactive ketones (excluding diaryl/α,β-unsaturated/α-hetero) is 1. The van der Waals surface area contributed by atoms with Gasteiger partial charge in [-0.25, -0.2) is 9.30 Å². The lowest BCUT2D eigenvalue weighted by molar-refractivity contribution is -0.613. The second-order valence-corrected chi connectivity index (χ2v) is 4.01. The minimum absolute atomic E-state index is 0.106. The van der Waals surface area contributed by atoms with Crippen LogP contribution in [0.1, 0.15) is 48.9 Å². The number of nitrogens with zero attached hydrogens (tertiary/aromatic N) is 2. The second kappa shape index (κ2) is 3.12. The van der Waals surface area contributed by atoms with Crippen molar-refractivity contribution in [3.63, 3.8) is 0 Å². The molecule has 1 heterocycles. The van der Waals surface area contributed by atoms with Crippen molar-refractivity contribution in [1.29, 1.82) is 0 Å². The summed E-state index contributed by atoms with van der Waals surface area (Å²) in [6.45, 7) is 3.95. The van der Waals surface area contributed by atoms with Crippen LogP contribution in [0.25, 0.3) is 0 Å². The highest BCUT2D eigenvalue weighted by Gasteiger charge is 2.30. The van der Waals surface area contributed by atoms with E-state index < -0.39 is 0 Å². The van der Waals surface area contributed by atoms with E-state index in [-0.39, 0.29) is 11.8 Å². The van der Waals surface area contributed by atoms with E-state index in [2.05, 4.69) is 0 Å². The first-order valence-electron chi connectivity index (χ1n) is 4.97. The topological polar surface area (TPSA) is 48.9 Å². The van der Waals surface area contributed by atoms with E-state index in [1.807, 2.05) is 13.8 Å². The Hall–Kier alpha value is -1.32. The molecule has 14 heavy (non-hydrogen) atoms. The van der Waals surface area contributed by atoms with E-state index in [0.29, 0.717) is 17.8 Å². The Balaban J connectivity index is 2.59. The average molecular weight is 194 g/mol. The summed E-state index contributed by atoms with van der Waals surface area (Å²) in [6.07, 6.45) is 3.59. The molecule has 4 nitrogen and oxygen atoms in total. The van der Waals surface area contributed by atoms with Gasteiger partial charge in [0.05, 0.1) is 6.04 Å². The summed E-state index contributed by atoms with van der Waals surface area (Å²) in [4.78, 5) is 11.7. The van der Waals surface area contributed by atoms with Gasteiger partial charge in [0, 0.05) is 12.8 Å². The highest BCUT2D eigenvalue weighted by molar-refractivity contribution is 5.96. The van der Waals surface area contributed by atoms with E-state index in [0.717, 1.165) is 17.6 Å². The highest BCUT2D eigenvalue weighted by atomic mass is 16.5. The Bertz CT molecular complexity index is 380. The SMILES string of the molecule is CC(C)n1c[n+]([O-])c2c1C(=O)CCC2. The van der Waals surface area contributed by atoms with Gasteiger partial charge >= 0.3 is 0 Å². The van der Waals surface area contributed by atoms with E-state index in [1.165, 1.54) is 6.33 Å². The van der Waals surface area contributed by atoms with Crippen LogP contribution in [-0.4, -0.2) is 10.4 Å². The quantitative estimate of drug-likeness (QED) is 0.498. The summed E-state index contributed by atoms with van der Waals surface area (Å²) in [5.41, 5.74) is 1.27. The zero-order valence-electron chi connectivity index (χ0n) is 8.49. The van der Waals surface area contributed by atoms with E-state index in [1.54, 1.807) is 4.57 Å². The van der Waals surface area contributed by atoms with Crippen LogP contribution in [0.5, 0.6) is 0 Å². The monoisotopic (exact) mass is 194 g/mol. The molecule has 0 unspecified atom stereocenters. The molecular formula is C10H14N2O2. The number of carbonyl (C=O) groups is 1. The minimum atomic E-state index is 0.106. The molecule has 0 bridgehead atoms. The summed E-state index contributed by atoms with van der Waals surface area (Å²) >= 11 is 0. The van der Waals surface area contributed by atoms with Crippen molar-refractivity contribution >= 4 is 5.78 Å². The predicted octanol–water partition coefficient (Wildman–Crippen LogP) is 1.22. The minimum Gasteiger partial charge on any atom is -0.711 e. The van der Waals surface area contributed by atoms with Crippen LogP contribution < -0.4 is 4.73 Å². The molecule has 0 fully saturated rings. The molecule has 2 rings (SSSR count). The molecule has 0 amide bonds. The van der Waals surface area contributed by atoms with E-state index in [9.17, 15) is 10.0 Å². The lowest BCUT2D eigenvalue weighted by Crippen LogP contribution is -2.30. The highest BCUT2D eigenvalue weighted by Crippen LogP contribution is 2.21. The van der Waals surface area contributed by atoms with Gasteiger partial charge in [-0.3, -0.25) is 4.79 Å². The maximum atomic E-state index is 11.7. The molecular weight excluding hydrogens is 180 g/mol. The van der Waals surface area contributed by atoms with Gasteiger partial charge in [-0.15, -0.1) is 0 Å². The molecule has 1 aliphatic rings. The number of carbonyl (C=O) groups excluding carboxylic acids is 1. The summed E-state index contributed by atoms with van der Waals surface area (Å²) in [5.74, 6) is 0.106. The van der Waals surface area contributed by atoms with Crippen molar-refractivity contribution in [3.8, 4) is 0 Å². The van der Waals surface area contributed by atoms with Gasteiger partial charge in [0.15, 0.2) is 5.69 Å². The molecule has 0 saturated heterocycles. The average Bonchev–Trinajstić information content (AvgIpc) is 2.46. The summed E-state index contributed by atoms with van der Waals surface area (Å²) in [6, 6.07) is 0.168. The van der Waals surface area contributed by atoms with Crippen LogP contribution in [0, 0.1) is 5.21 Å². The molecule has 76 valence electrons. The maximum Gasteiger partial charge on any atom is 0.247 e. The summed E-state index contributed by atoms with van der Waals surface area (Å²) < 4.78 is 2.62. The molecule has 4 heteroatoms. The van der Waals surface area contributed by atoms with Crippen molar-refractivity contribution in [3.05, 3.63) is 22.9 Å². The number of hydrogen-bond acceptors (Lipinski definition) is 2. The van der Waals surface area contributed by atoms with Gasteiger partial charge in [-0.1, -0.05) is 0 Å². The standard InChI is InChI=1S/C10H14N2O2/c1-7(2)11-6-12(14)8-4-3-5-9(13)10(8)11/h6-7H,3-5H2,1-2H3. The number of fused-ring (bicyclic) bond motifs is 1. The zero-order chi connectivity index (χ0) is 10.3. The smallest absolute Gasteiger partial charge is 0.247 e. The predicted molar refractivity (Wildman–Crippen MR) is 51.0 cm³/mol. The molecule has 0 aromatic carbocycles. The molecule has 1 aromatic rings. The van der Waals surface area contributed by atoms with Crippen molar-refractivity contribution in [2.75, 3.05) is 0 Å². The number of rotatable bonds is 1. The Kier molecular flexibility index (Phi) is 2.06. The van der Waals surface area contributed by atoms with Crippen molar-refractivity contribution in [2.24, 2.45) is 0 Å². The van der Waals surface area contributed by atoms with E-state index in [4.69, 9.17) is 0 Å². The molecule has 0 saturated carbocycles. The van der Waals surface area contributed by atoms with Crippen LogP contribution in [0.15, 0.2) is 6.33 Å². The molecule has 0 radical (unpaired) electrons. The number of ketones is 1. The largest absolute Gasteiger partial charge is 0.711 e. The number of imidazole rings is 1. The fourth-order valence-electron chi connectivity index (χ4n) is 1.95. The van der Waals surface area contributed by atoms with Gasteiger partial charge in [0.2, 0.25) is 17.8 Å². The van der Waals surface area contributed by atoms with Crippen LogP contribution in [-0.2, 0) is 6.42 Å². The Morgan fingerprint density at radius 1 is 1.50 bits per heavy atom. The second-order valence-electron chi connectivity index (χ2n) is 4.01. The van der Waals surface area contributed by atoms with Crippen molar-refractivity contribution < 1.29 is 9.52 Å². The molecule has 0 spiro atoms. The van der Waals surface area contributed by atoms with Crippen LogP contribution in [0.4, 0.5) is 0 Å². The van der Waals surface area contributed by atoms with Gasteiger partial charge in [0.25, 0.3) is 0 Å². The van der Waals surface area contributed by atoms with Gasteiger partial charge < -0.3 is 5.21 Å². The zero-order valence-corrected chi connectivity index (χ0v) is 8.49. The van der Waals surface area contributed by atoms with Crippen LogP contribution in [0.2, 0.25) is 0 Å². The Morgan fingerprint density at radius 2 is 2.21 bits per heavy atom. The summed E-state index contributed by atoms with van der Waals surface area (Å²) in [5, 5.41) is 11.5. The fourth-order valence-corrected chi connectivity index (χ4v) is 1.95. The third-order valence-corrected chi connectivity index (χ3v) is 2.66. The molecule has 0 N–H and O–H groups in total. The van der Waals surface area contributed by atoms with Gasteiger partial charge in [0.1, 0.15) is 0 Å². The van der Waals surface area contributed by atoms with E-state index >= 15 is 0 Å². The van der Waals surface area contributed by atoms with Crippen LogP contribution in [0.3, 0.4) is 0 Å². The third-order valence-electron chi connectivity index (χ3n) is 2.66. The molecule has 0 atom stereocenters. The first-order valence-corrected chi connectivity index (χ1v) is 4.97. The lowest BCUT2D eigenvalue weighted by Gasteiger charge is -2.10. The van der Waals surface area contributed by atoms with Gasteiger partial charge in [-0.2, -0.15) is 0 Å². The lowest BCUT2D eigenvalue weighted by atomic mass is 9.99. The van der Waals surface area contributed by atoms with Crippen LogP contribution >= 0.6 is 0 Å². The third kappa shape index (κ3) is 1.22. The Morgan fingerprint density at radius 3 is 2.86 bits per heavy atom. The number of hydrogen-bond donors (Lipinski definition) is 0. The Labute approximate surface area is 82.7 Å². The molecule has 1 aromatic heterocycles.